The van der Waals surface area contributed by atoms with Crippen molar-refractivity contribution in [2.24, 2.45) is 0 Å². The summed E-state index contributed by atoms with van der Waals surface area (Å²) in [5.41, 5.74) is 8.06. The Bertz CT molecular complexity index is 315. The molecule has 2 rings (SSSR count). The molecule has 0 saturated heterocycles. The Labute approximate surface area is 65.8 Å². The van der Waals surface area contributed by atoms with Gasteiger partial charge in [0, 0.05) is 17.7 Å². The highest BCUT2D eigenvalue weighted by Gasteiger charge is 2.14. The molecule has 56 valence electrons. The maximum atomic E-state index is 5.67. The number of pyridine rings is 1. The standard InChI is InChI=1S/C9H10N2/c1-6-2-3-8-7(6)4-5-11-9(8)10/h2-6H,1H3,(H2,10,11). The van der Waals surface area contributed by atoms with Crippen LogP contribution in [0.2, 0.25) is 0 Å². The lowest BCUT2D eigenvalue weighted by Crippen LogP contribution is -1.96. The quantitative estimate of drug-likeness (QED) is 0.606. The van der Waals surface area contributed by atoms with Gasteiger partial charge in [0.1, 0.15) is 5.82 Å². The monoisotopic (exact) mass is 146 g/mol. The summed E-state index contributed by atoms with van der Waals surface area (Å²) in [4.78, 5) is 4.01. The Hall–Kier alpha value is -1.31. The number of nitrogens with two attached hydrogens (primary N) is 1. The number of nitrogen functional groups attached to an aromatic ring is 1. The number of fused-ring (bicyclic) bond motifs is 1. The summed E-state index contributed by atoms with van der Waals surface area (Å²) >= 11 is 0. The molecule has 2 nitrogen and oxygen atoms in total. The molecular formula is C9H10N2. The molecule has 2 N–H and O–H groups in total. The number of anilines is 1. The molecule has 0 saturated carbocycles. The van der Waals surface area contributed by atoms with E-state index in [1.165, 1.54) is 5.56 Å². The molecule has 1 aliphatic rings. The topological polar surface area (TPSA) is 38.9 Å². The van der Waals surface area contributed by atoms with Crippen LogP contribution in [0.5, 0.6) is 0 Å². The first kappa shape index (κ1) is 6.40. The third-order valence-corrected chi connectivity index (χ3v) is 2.10. The molecule has 1 atom stereocenters. The summed E-state index contributed by atoms with van der Waals surface area (Å²) in [5.74, 6) is 1.14. The van der Waals surface area contributed by atoms with Gasteiger partial charge >= 0.3 is 0 Å². The fourth-order valence-electron chi connectivity index (χ4n) is 1.43. The van der Waals surface area contributed by atoms with E-state index < -0.39 is 0 Å². The maximum Gasteiger partial charge on any atom is 0.130 e. The van der Waals surface area contributed by atoms with Crippen molar-refractivity contribution in [3.63, 3.8) is 0 Å². The molecule has 0 aromatic carbocycles. The number of rotatable bonds is 0. The predicted molar refractivity (Wildman–Crippen MR) is 46.1 cm³/mol. The number of hydrogen-bond acceptors (Lipinski definition) is 2. The van der Waals surface area contributed by atoms with Gasteiger partial charge in [-0.15, -0.1) is 0 Å². The molecule has 0 fully saturated rings. The van der Waals surface area contributed by atoms with Crippen LogP contribution in [0.25, 0.3) is 6.08 Å². The lowest BCUT2D eigenvalue weighted by atomic mass is 10.0. The zero-order valence-electron chi connectivity index (χ0n) is 6.41. The highest BCUT2D eigenvalue weighted by molar-refractivity contribution is 5.70. The minimum Gasteiger partial charge on any atom is -0.383 e. The first-order valence-electron chi connectivity index (χ1n) is 3.71. The molecule has 1 aliphatic carbocycles. The molecule has 0 amide bonds. The Balaban J connectivity index is 2.65. The molecule has 0 aliphatic heterocycles. The van der Waals surface area contributed by atoms with Crippen molar-refractivity contribution in [3.05, 3.63) is 29.5 Å². The van der Waals surface area contributed by atoms with Gasteiger partial charge in [-0.2, -0.15) is 0 Å². The van der Waals surface area contributed by atoms with Crippen molar-refractivity contribution in [1.29, 1.82) is 0 Å². The van der Waals surface area contributed by atoms with Crippen LogP contribution >= 0.6 is 0 Å². The maximum absolute atomic E-state index is 5.67. The summed E-state index contributed by atoms with van der Waals surface area (Å²) in [5, 5.41) is 0. The van der Waals surface area contributed by atoms with E-state index in [-0.39, 0.29) is 0 Å². The Morgan fingerprint density at radius 3 is 3.09 bits per heavy atom. The number of hydrogen-bond donors (Lipinski definition) is 1. The van der Waals surface area contributed by atoms with Crippen molar-refractivity contribution < 1.29 is 0 Å². The van der Waals surface area contributed by atoms with E-state index in [9.17, 15) is 0 Å². The third-order valence-electron chi connectivity index (χ3n) is 2.10. The van der Waals surface area contributed by atoms with Gasteiger partial charge in [0.15, 0.2) is 0 Å². The first-order valence-corrected chi connectivity index (χ1v) is 3.71. The average molecular weight is 146 g/mol. The van der Waals surface area contributed by atoms with Crippen LogP contribution in [-0.2, 0) is 0 Å². The van der Waals surface area contributed by atoms with Crippen molar-refractivity contribution in [1.82, 2.24) is 4.98 Å². The Morgan fingerprint density at radius 2 is 2.36 bits per heavy atom. The average Bonchev–Trinajstić information content (AvgIpc) is 2.35. The number of nitrogens with zero attached hydrogens (tertiary/aromatic N) is 1. The summed E-state index contributed by atoms with van der Waals surface area (Å²) in [6.45, 7) is 2.15. The van der Waals surface area contributed by atoms with E-state index in [2.05, 4.69) is 18.0 Å². The van der Waals surface area contributed by atoms with Crippen molar-refractivity contribution >= 4 is 11.9 Å². The van der Waals surface area contributed by atoms with Crippen molar-refractivity contribution in [2.45, 2.75) is 12.8 Å². The van der Waals surface area contributed by atoms with Crippen molar-refractivity contribution in [2.75, 3.05) is 5.73 Å². The van der Waals surface area contributed by atoms with Gasteiger partial charge in [0.25, 0.3) is 0 Å². The molecule has 1 aromatic rings. The van der Waals surface area contributed by atoms with Crippen LogP contribution in [0.1, 0.15) is 24.0 Å². The number of aromatic nitrogens is 1. The summed E-state index contributed by atoms with van der Waals surface area (Å²) < 4.78 is 0. The van der Waals surface area contributed by atoms with Gasteiger partial charge < -0.3 is 5.73 Å². The molecule has 2 heteroatoms. The normalized spacial score (nSPS) is 20.3. The van der Waals surface area contributed by atoms with Gasteiger partial charge in [-0.1, -0.05) is 19.1 Å². The van der Waals surface area contributed by atoms with Gasteiger partial charge in [0.2, 0.25) is 0 Å². The van der Waals surface area contributed by atoms with E-state index in [0.717, 1.165) is 5.56 Å². The van der Waals surface area contributed by atoms with Crippen LogP contribution in [-0.4, -0.2) is 4.98 Å². The smallest absolute Gasteiger partial charge is 0.130 e. The Kier molecular flexibility index (Phi) is 1.22. The molecule has 11 heavy (non-hydrogen) atoms. The fourth-order valence-corrected chi connectivity index (χ4v) is 1.43. The zero-order valence-corrected chi connectivity index (χ0v) is 6.41. The van der Waals surface area contributed by atoms with Gasteiger partial charge in [-0.25, -0.2) is 4.98 Å². The SMILES string of the molecule is CC1C=Cc2c1ccnc2N. The highest BCUT2D eigenvalue weighted by Crippen LogP contribution is 2.31. The minimum atomic E-state index is 0.496. The molecular weight excluding hydrogens is 136 g/mol. The second-order valence-corrected chi connectivity index (χ2v) is 2.85. The van der Waals surface area contributed by atoms with Gasteiger partial charge in [-0.05, 0) is 11.6 Å². The second kappa shape index (κ2) is 2.09. The van der Waals surface area contributed by atoms with Gasteiger partial charge in [0.05, 0.1) is 0 Å². The highest BCUT2D eigenvalue weighted by atomic mass is 14.8. The van der Waals surface area contributed by atoms with E-state index >= 15 is 0 Å². The summed E-state index contributed by atoms with van der Waals surface area (Å²) in [6.07, 6.45) is 5.95. The summed E-state index contributed by atoms with van der Waals surface area (Å²) in [6, 6.07) is 2.02. The molecule has 0 spiro atoms. The van der Waals surface area contributed by atoms with Gasteiger partial charge in [-0.3, -0.25) is 0 Å². The third kappa shape index (κ3) is 0.827. The molecule has 0 bridgehead atoms. The van der Waals surface area contributed by atoms with Crippen molar-refractivity contribution in [3.8, 4) is 0 Å². The predicted octanol–water partition coefficient (Wildman–Crippen LogP) is 1.79. The molecule has 1 unspecified atom stereocenters. The van der Waals surface area contributed by atoms with E-state index in [1.54, 1.807) is 6.20 Å². The lowest BCUT2D eigenvalue weighted by molar-refractivity contribution is 0.985. The first-order chi connectivity index (χ1) is 5.29. The molecule has 1 heterocycles. The molecule has 0 radical (unpaired) electrons. The van der Waals surface area contributed by atoms with Crippen LogP contribution < -0.4 is 5.73 Å². The second-order valence-electron chi connectivity index (χ2n) is 2.85. The lowest BCUT2D eigenvalue weighted by Gasteiger charge is -2.04. The van der Waals surface area contributed by atoms with Crippen LogP contribution in [0, 0.1) is 0 Å². The van der Waals surface area contributed by atoms with Crippen LogP contribution in [0.3, 0.4) is 0 Å². The van der Waals surface area contributed by atoms with Crippen LogP contribution in [0.4, 0.5) is 5.82 Å². The van der Waals surface area contributed by atoms with Crippen LogP contribution in [0.15, 0.2) is 18.3 Å². The Morgan fingerprint density at radius 1 is 1.55 bits per heavy atom. The zero-order chi connectivity index (χ0) is 7.84. The molecule has 1 aromatic heterocycles. The van der Waals surface area contributed by atoms with E-state index in [1.807, 2.05) is 12.1 Å². The minimum absolute atomic E-state index is 0.496. The van der Waals surface area contributed by atoms with E-state index in [4.69, 9.17) is 5.73 Å². The largest absolute Gasteiger partial charge is 0.383 e. The van der Waals surface area contributed by atoms with E-state index in [0.29, 0.717) is 11.7 Å². The number of allylic oxidation sites excluding steroid dienone is 1. The fraction of sp³-hybridized carbons (Fsp3) is 0.222. The summed E-state index contributed by atoms with van der Waals surface area (Å²) in [7, 11) is 0.